The van der Waals surface area contributed by atoms with E-state index in [1.807, 2.05) is 18.2 Å². The number of aryl methyl sites for hydroxylation is 1. The van der Waals surface area contributed by atoms with E-state index in [1.165, 1.54) is 9.75 Å². The summed E-state index contributed by atoms with van der Waals surface area (Å²) in [4.78, 5) is 2.44. The van der Waals surface area contributed by atoms with Gasteiger partial charge in [-0.05, 0) is 53.0 Å². The summed E-state index contributed by atoms with van der Waals surface area (Å²) in [6.45, 7) is 2.08. The third-order valence-corrected chi connectivity index (χ3v) is 5.41. The minimum absolute atomic E-state index is 0.0110. The van der Waals surface area contributed by atoms with Gasteiger partial charge >= 0.3 is 0 Å². The van der Waals surface area contributed by atoms with Crippen LogP contribution in [0.15, 0.2) is 28.7 Å². The number of hydrogen-bond acceptors (Lipinski definition) is 4. The number of nitrogens with two attached hydrogens (primary N) is 1. The van der Waals surface area contributed by atoms with E-state index < -0.39 is 0 Å². The Labute approximate surface area is 131 Å². The molecule has 0 bridgehead atoms. The van der Waals surface area contributed by atoms with E-state index in [0.29, 0.717) is 0 Å². The van der Waals surface area contributed by atoms with Crippen molar-refractivity contribution in [2.24, 2.45) is 5.73 Å². The molecule has 3 nitrogen and oxygen atoms in total. The summed E-state index contributed by atoms with van der Waals surface area (Å²) in [7, 11) is 3.27. The molecule has 2 N–H and O–H groups in total. The van der Waals surface area contributed by atoms with Crippen molar-refractivity contribution in [3.8, 4) is 11.5 Å². The molecule has 0 saturated carbocycles. The molecule has 0 aliphatic carbocycles. The molecule has 20 heavy (non-hydrogen) atoms. The van der Waals surface area contributed by atoms with Crippen LogP contribution in [0.3, 0.4) is 0 Å². The number of hydrogen-bond donors (Lipinski definition) is 1. The third-order valence-electron chi connectivity index (χ3n) is 3.15. The zero-order valence-corrected chi connectivity index (χ0v) is 14.2. The number of rotatable bonds is 5. The van der Waals surface area contributed by atoms with Gasteiger partial charge in [-0.25, -0.2) is 0 Å². The highest BCUT2D eigenvalue weighted by Crippen LogP contribution is 2.33. The summed E-state index contributed by atoms with van der Waals surface area (Å²) in [5, 5.41) is 0. The first-order valence-electron chi connectivity index (χ1n) is 6.27. The molecule has 1 unspecified atom stereocenters. The minimum Gasteiger partial charge on any atom is -0.493 e. The molecule has 1 aromatic heterocycles. The standard InChI is InChI=1S/C15H18BrNO2S/c1-9-11(16)8-15(20-9)12(17)6-10-4-5-13(18-2)14(7-10)19-3/h4-5,7-8,12H,6,17H2,1-3H3. The van der Waals surface area contributed by atoms with Crippen molar-refractivity contribution in [1.29, 1.82) is 0 Å². The van der Waals surface area contributed by atoms with Gasteiger partial charge in [0.15, 0.2) is 11.5 Å². The summed E-state index contributed by atoms with van der Waals surface area (Å²) in [6, 6.07) is 8.01. The van der Waals surface area contributed by atoms with Crippen LogP contribution in [0.2, 0.25) is 0 Å². The summed E-state index contributed by atoms with van der Waals surface area (Å²) >= 11 is 5.26. The minimum atomic E-state index is -0.0110. The van der Waals surface area contributed by atoms with Gasteiger partial charge in [-0.1, -0.05) is 6.07 Å². The van der Waals surface area contributed by atoms with Gasteiger partial charge in [0.25, 0.3) is 0 Å². The Bertz CT molecular complexity index is 578. The van der Waals surface area contributed by atoms with E-state index in [0.717, 1.165) is 28.0 Å². The summed E-state index contributed by atoms with van der Waals surface area (Å²) in [6.07, 6.45) is 0.771. The number of methoxy groups -OCH3 is 2. The number of thiophene rings is 1. The SMILES string of the molecule is COc1ccc(CC(N)c2cc(Br)c(C)s2)cc1OC. The second-order valence-corrected chi connectivity index (χ2v) is 6.70. The lowest BCUT2D eigenvalue weighted by Crippen LogP contribution is -2.11. The van der Waals surface area contributed by atoms with Gasteiger partial charge in [-0.2, -0.15) is 0 Å². The molecule has 2 aromatic rings. The molecule has 1 aromatic carbocycles. The predicted molar refractivity (Wildman–Crippen MR) is 86.9 cm³/mol. The molecule has 0 aliphatic heterocycles. The average molecular weight is 356 g/mol. The Balaban J connectivity index is 2.17. The van der Waals surface area contributed by atoms with Crippen LogP contribution in [0.25, 0.3) is 0 Å². The largest absolute Gasteiger partial charge is 0.493 e. The fourth-order valence-corrected chi connectivity index (χ4v) is 3.59. The van der Waals surface area contributed by atoms with E-state index in [1.54, 1.807) is 25.6 Å². The molecule has 1 atom stereocenters. The van der Waals surface area contributed by atoms with Crippen LogP contribution in [-0.4, -0.2) is 14.2 Å². The van der Waals surface area contributed by atoms with Crippen LogP contribution in [0.5, 0.6) is 11.5 Å². The van der Waals surface area contributed by atoms with Crippen LogP contribution in [0.4, 0.5) is 0 Å². The highest BCUT2D eigenvalue weighted by Gasteiger charge is 2.13. The maximum atomic E-state index is 6.29. The molecule has 0 aliphatic rings. The molecule has 0 saturated heterocycles. The van der Waals surface area contributed by atoms with Gasteiger partial charge in [0, 0.05) is 20.3 Å². The van der Waals surface area contributed by atoms with Crippen LogP contribution in [0, 0.1) is 6.92 Å². The molecular formula is C15H18BrNO2S. The van der Waals surface area contributed by atoms with E-state index in [-0.39, 0.29) is 6.04 Å². The van der Waals surface area contributed by atoms with Crippen LogP contribution < -0.4 is 15.2 Å². The predicted octanol–water partition coefficient (Wildman–Crippen LogP) is 4.08. The molecular weight excluding hydrogens is 338 g/mol. The number of halogens is 1. The van der Waals surface area contributed by atoms with Crippen molar-refractivity contribution in [3.63, 3.8) is 0 Å². The second-order valence-electron chi connectivity index (χ2n) is 4.55. The monoisotopic (exact) mass is 355 g/mol. The molecule has 0 amide bonds. The fraction of sp³-hybridized carbons (Fsp3) is 0.333. The van der Waals surface area contributed by atoms with Crippen LogP contribution >= 0.6 is 27.3 Å². The molecule has 0 radical (unpaired) electrons. The van der Waals surface area contributed by atoms with E-state index in [2.05, 4.69) is 28.9 Å². The van der Waals surface area contributed by atoms with Gasteiger partial charge in [-0.15, -0.1) is 11.3 Å². The van der Waals surface area contributed by atoms with Crippen molar-refractivity contribution in [1.82, 2.24) is 0 Å². The normalized spacial score (nSPS) is 12.2. The second kappa shape index (κ2) is 6.61. The summed E-state index contributed by atoms with van der Waals surface area (Å²) in [5.41, 5.74) is 7.43. The highest BCUT2D eigenvalue weighted by molar-refractivity contribution is 9.10. The Hall–Kier alpha value is -1.04. The lowest BCUT2D eigenvalue weighted by molar-refractivity contribution is 0.354. The van der Waals surface area contributed by atoms with E-state index in [9.17, 15) is 0 Å². The van der Waals surface area contributed by atoms with E-state index >= 15 is 0 Å². The Kier molecular flexibility index (Phi) is 5.07. The smallest absolute Gasteiger partial charge is 0.160 e. The van der Waals surface area contributed by atoms with Crippen molar-refractivity contribution in [2.75, 3.05) is 14.2 Å². The molecule has 2 rings (SSSR count). The Morgan fingerprint density at radius 2 is 1.90 bits per heavy atom. The van der Waals surface area contributed by atoms with Gasteiger partial charge in [0.05, 0.1) is 14.2 Å². The lowest BCUT2D eigenvalue weighted by Gasteiger charge is -2.12. The zero-order valence-electron chi connectivity index (χ0n) is 11.8. The van der Waals surface area contributed by atoms with Gasteiger partial charge in [0.1, 0.15) is 0 Å². The third kappa shape index (κ3) is 3.34. The maximum Gasteiger partial charge on any atom is 0.160 e. The van der Waals surface area contributed by atoms with E-state index in [4.69, 9.17) is 15.2 Å². The summed E-state index contributed by atoms with van der Waals surface area (Å²) < 4.78 is 11.7. The van der Waals surface area contributed by atoms with Crippen molar-refractivity contribution in [3.05, 3.63) is 44.1 Å². The highest BCUT2D eigenvalue weighted by atomic mass is 79.9. The first kappa shape index (κ1) is 15.4. The van der Waals surface area contributed by atoms with Crippen molar-refractivity contribution < 1.29 is 9.47 Å². The van der Waals surface area contributed by atoms with Crippen molar-refractivity contribution >= 4 is 27.3 Å². The molecule has 0 spiro atoms. The Morgan fingerprint density at radius 3 is 2.45 bits per heavy atom. The summed E-state index contributed by atoms with van der Waals surface area (Å²) in [5.74, 6) is 1.47. The van der Waals surface area contributed by atoms with Crippen molar-refractivity contribution in [2.45, 2.75) is 19.4 Å². The number of ether oxygens (including phenoxy) is 2. The van der Waals surface area contributed by atoms with Crippen LogP contribution in [-0.2, 0) is 6.42 Å². The Morgan fingerprint density at radius 1 is 1.20 bits per heavy atom. The molecule has 1 heterocycles. The first-order valence-corrected chi connectivity index (χ1v) is 7.88. The topological polar surface area (TPSA) is 44.5 Å². The molecule has 5 heteroatoms. The number of benzene rings is 1. The first-order chi connectivity index (χ1) is 9.55. The average Bonchev–Trinajstić information content (AvgIpc) is 2.78. The van der Waals surface area contributed by atoms with Gasteiger partial charge in [-0.3, -0.25) is 0 Å². The lowest BCUT2D eigenvalue weighted by atomic mass is 10.0. The fourth-order valence-electron chi connectivity index (χ4n) is 2.03. The molecule has 0 fully saturated rings. The van der Waals surface area contributed by atoms with Crippen LogP contribution in [0.1, 0.15) is 21.4 Å². The van der Waals surface area contributed by atoms with Gasteiger partial charge < -0.3 is 15.2 Å². The quantitative estimate of drug-likeness (QED) is 0.878. The molecule has 108 valence electrons. The van der Waals surface area contributed by atoms with Gasteiger partial charge in [0.2, 0.25) is 0 Å². The zero-order chi connectivity index (χ0) is 14.7. The maximum absolute atomic E-state index is 6.29.